The topological polar surface area (TPSA) is 194 Å². The molecule has 5 N–H and O–H groups in total. The first-order valence-corrected chi connectivity index (χ1v) is 24.1. The van der Waals surface area contributed by atoms with E-state index < -0.39 is 89.8 Å². The lowest BCUT2D eigenvalue weighted by molar-refractivity contribution is -0.400. The van der Waals surface area contributed by atoms with E-state index >= 15 is 0 Å². The van der Waals surface area contributed by atoms with Crippen molar-refractivity contribution >= 4 is 17.8 Å². The van der Waals surface area contributed by atoms with Gasteiger partial charge in [0.2, 0.25) is 5.79 Å². The fraction of sp³-hybridized carbons (Fsp3) is 0.740. The molecule has 1 aromatic rings. The predicted octanol–water partition coefficient (Wildman–Crippen LogP) is 6.82. The molecule has 1 amide bonds. The summed E-state index contributed by atoms with van der Waals surface area (Å²) >= 11 is 0. The van der Waals surface area contributed by atoms with Crippen molar-refractivity contribution < 1.29 is 57.8 Å². The molecular formula is C50H76N2O12. The highest BCUT2D eigenvalue weighted by atomic mass is 16.8. The number of ether oxygens (including phenoxy) is 7. The van der Waals surface area contributed by atoms with Crippen LogP contribution in [0.2, 0.25) is 0 Å². The molecular weight excluding hydrogens is 821 g/mol. The zero-order valence-electron chi connectivity index (χ0n) is 39.2. The van der Waals surface area contributed by atoms with Gasteiger partial charge in [-0.1, -0.05) is 84.5 Å². The number of Topliss-reactive ketones (excluding diaryl/α,β-unsaturated/α-hetero) is 1. The second-order valence-corrected chi connectivity index (χ2v) is 19.2. The quantitative estimate of drug-likeness (QED) is 0.0941. The van der Waals surface area contributed by atoms with Crippen molar-refractivity contribution in [2.45, 2.75) is 198 Å². The lowest BCUT2D eigenvalue weighted by Crippen LogP contribution is -2.63. The maximum Gasteiger partial charge on any atom is 0.408 e. The van der Waals surface area contributed by atoms with E-state index in [0.29, 0.717) is 64.2 Å². The molecule has 0 aliphatic carbocycles. The van der Waals surface area contributed by atoms with Gasteiger partial charge in [0.15, 0.2) is 11.9 Å². The maximum absolute atomic E-state index is 14.6. The number of hydrogen-bond donors (Lipinski definition) is 4. The van der Waals surface area contributed by atoms with Gasteiger partial charge in [0.1, 0.15) is 12.4 Å². The number of carbonyl (C=O) groups is 3. The molecule has 0 aromatic heterocycles. The Morgan fingerprint density at radius 3 is 2.34 bits per heavy atom. The molecule has 64 heavy (non-hydrogen) atoms. The third-order valence-electron chi connectivity index (χ3n) is 15.1. The summed E-state index contributed by atoms with van der Waals surface area (Å²) in [6.07, 6.45) is 6.00. The first-order valence-electron chi connectivity index (χ1n) is 24.1. The molecule has 4 saturated heterocycles. The molecule has 0 saturated carbocycles. The summed E-state index contributed by atoms with van der Waals surface area (Å²) in [7, 11) is 0. The Labute approximate surface area is 380 Å². The smallest absolute Gasteiger partial charge is 0.408 e. The number of aliphatic hydroxyl groups excluding tert-OH is 1. The van der Waals surface area contributed by atoms with Crippen molar-refractivity contribution in [3.63, 3.8) is 0 Å². The highest BCUT2D eigenvalue weighted by Gasteiger charge is 2.61. The summed E-state index contributed by atoms with van der Waals surface area (Å²) in [6.45, 7) is 17.6. The summed E-state index contributed by atoms with van der Waals surface area (Å²) in [4.78, 5) is 40.9. The maximum atomic E-state index is 14.6. The number of aliphatic hydroxyl groups is 2. The van der Waals surface area contributed by atoms with Crippen molar-refractivity contribution in [2.24, 2.45) is 35.3 Å². The number of nitrogens with two attached hydrogens (primary N) is 1. The molecule has 5 aliphatic heterocycles. The van der Waals surface area contributed by atoms with Crippen LogP contribution in [0.5, 0.6) is 0 Å². The number of ketones is 1. The summed E-state index contributed by atoms with van der Waals surface area (Å²) in [5, 5.41) is 25.8. The second-order valence-electron chi connectivity index (χ2n) is 19.2. The predicted molar refractivity (Wildman–Crippen MR) is 239 cm³/mol. The molecule has 358 valence electrons. The summed E-state index contributed by atoms with van der Waals surface area (Å²) in [5.74, 6) is -5.47. The average molecular weight is 897 g/mol. The number of esters is 1. The van der Waals surface area contributed by atoms with Crippen LogP contribution in [-0.2, 0) is 49.3 Å². The number of alkyl carbamates (subject to hydrolysis) is 1. The summed E-state index contributed by atoms with van der Waals surface area (Å²) in [6, 6.07) is 8.69. The van der Waals surface area contributed by atoms with Gasteiger partial charge in [-0.25, -0.2) is 4.79 Å². The SMILES string of the molecule is C=CCOC(=O)C(CC)C1CCCC(C(N)C(O)C(C)C(=O)C(CC)C2OC3(C=CC(OC(=O)NCc4ccccc4)C4(CCC(C5CCC(O)(CC)C(C)O5)O4)O3)C(C)CC2C)O1. The van der Waals surface area contributed by atoms with Crippen molar-refractivity contribution in [2.75, 3.05) is 6.61 Å². The van der Waals surface area contributed by atoms with Crippen LogP contribution in [0.4, 0.5) is 4.79 Å². The number of hydrogen-bond acceptors (Lipinski definition) is 13. The molecule has 5 heterocycles. The Kier molecular flexibility index (Phi) is 17.0. The van der Waals surface area contributed by atoms with E-state index in [1.807, 2.05) is 64.1 Å². The standard InChI is InChI=1S/C50H76N2O12/c1-9-27-58-46(55)35(10-2)37-19-16-20-40(60-37)42(51)44(54)32(7)43(53)36(11-3)45-30(5)28-31(6)49(63-45)26-23-41(61-47(56)52-29-34-17-14-13-15-18-34)50(64-49)25-22-39(62-50)38-21-24-48(57,12-4)33(8)59-38/h9,13-15,17-18,23,26,30-33,35-42,44-45,54,57H,1,10-12,16,19-22,24-25,27-29,51H2,2-8H3,(H,52,56). The molecule has 14 nitrogen and oxygen atoms in total. The van der Waals surface area contributed by atoms with Gasteiger partial charge in [-0.3, -0.25) is 9.59 Å². The third-order valence-corrected chi connectivity index (χ3v) is 15.1. The molecule has 1 aromatic carbocycles. The summed E-state index contributed by atoms with van der Waals surface area (Å²) in [5.41, 5.74) is 6.73. The van der Waals surface area contributed by atoms with Crippen molar-refractivity contribution in [1.29, 1.82) is 0 Å². The van der Waals surface area contributed by atoms with E-state index in [1.54, 1.807) is 13.0 Å². The summed E-state index contributed by atoms with van der Waals surface area (Å²) < 4.78 is 45.4. The first kappa shape index (κ1) is 50.2. The molecule has 4 fully saturated rings. The third kappa shape index (κ3) is 10.8. The van der Waals surface area contributed by atoms with Crippen molar-refractivity contribution in [3.05, 3.63) is 60.7 Å². The van der Waals surface area contributed by atoms with Gasteiger partial charge >= 0.3 is 12.1 Å². The monoisotopic (exact) mass is 897 g/mol. The van der Waals surface area contributed by atoms with Crippen LogP contribution in [-0.4, -0.2) is 107 Å². The van der Waals surface area contributed by atoms with Gasteiger partial charge in [-0.05, 0) is 94.8 Å². The molecule has 14 heteroatoms. The van der Waals surface area contributed by atoms with Crippen LogP contribution >= 0.6 is 0 Å². The minimum absolute atomic E-state index is 0.0563. The van der Waals surface area contributed by atoms with Gasteiger partial charge in [0, 0.05) is 30.7 Å². The zero-order valence-corrected chi connectivity index (χ0v) is 39.2. The number of carbonyl (C=O) groups excluding carboxylic acids is 3. The van der Waals surface area contributed by atoms with Gasteiger partial charge in [0.05, 0.1) is 60.3 Å². The zero-order chi connectivity index (χ0) is 46.4. The van der Waals surface area contributed by atoms with E-state index in [0.717, 1.165) is 12.0 Å². The molecule has 2 spiro atoms. The Hall–Kier alpha value is -3.21. The average Bonchev–Trinajstić information content (AvgIpc) is 3.72. The fourth-order valence-electron chi connectivity index (χ4n) is 10.9. The van der Waals surface area contributed by atoms with Gasteiger partial charge in [0.25, 0.3) is 0 Å². The largest absolute Gasteiger partial charge is 0.461 e. The van der Waals surface area contributed by atoms with E-state index in [1.165, 1.54) is 6.08 Å². The molecule has 0 bridgehead atoms. The lowest BCUT2D eigenvalue weighted by Gasteiger charge is -2.54. The second kappa shape index (κ2) is 21.6. The fourth-order valence-corrected chi connectivity index (χ4v) is 10.9. The molecule has 17 atom stereocenters. The Bertz CT molecular complexity index is 1760. The molecule has 17 unspecified atom stereocenters. The van der Waals surface area contributed by atoms with Crippen molar-refractivity contribution in [3.8, 4) is 0 Å². The minimum atomic E-state index is -1.44. The van der Waals surface area contributed by atoms with Crippen LogP contribution in [0.3, 0.4) is 0 Å². The Morgan fingerprint density at radius 2 is 1.67 bits per heavy atom. The molecule has 5 aliphatic rings. The normalized spacial score (nSPS) is 37.6. The van der Waals surface area contributed by atoms with Crippen LogP contribution < -0.4 is 11.1 Å². The lowest BCUT2D eigenvalue weighted by atomic mass is 9.73. The number of benzene rings is 1. The van der Waals surface area contributed by atoms with Crippen LogP contribution in [0.15, 0.2) is 55.1 Å². The Balaban J connectivity index is 1.19. The van der Waals surface area contributed by atoms with E-state index in [9.17, 15) is 24.6 Å². The number of rotatable bonds is 17. The van der Waals surface area contributed by atoms with E-state index in [4.69, 9.17) is 38.9 Å². The van der Waals surface area contributed by atoms with Gasteiger partial charge < -0.3 is 54.4 Å². The van der Waals surface area contributed by atoms with Gasteiger partial charge in [-0.15, -0.1) is 0 Å². The van der Waals surface area contributed by atoms with Gasteiger partial charge in [-0.2, -0.15) is 0 Å². The van der Waals surface area contributed by atoms with Crippen LogP contribution in [0.1, 0.15) is 125 Å². The van der Waals surface area contributed by atoms with E-state index in [-0.39, 0.29) is 42.8 Å². The minimum Gasteiger partial charge on any atom is -0.461 e. The highest BCUT2D eigenvalue weighted by Crippen LogP contribution is 2.52. The van der Waals surface area contributed by atoms with Crippen LogP contribution in [0.25, 0.3) is 0 Å². The molecule has 6 rings (SSSR count). The van der Waals surface area contributed by atoms with Crippen molar-refractivity contribution in [1.82, 2.24) is 5.32 Å². The molecule has 0 radical (unpaired) electrons. The number of nitrogens with one attached hydrogen (secondary N) is 1. The van der Waals surface area contributed by atoms with Crippen LogP contribution in [0, 0.1) is 29.6 Å². The Morgan fingerprint density at radius 1 is 0.969 bits per heavy atom. The highest BCUT2D eigenvalue weighted by molar-refractivity contribution is 5.84. The number of amides is 1. The van der Waals surface area contributed by atoms with E-state index in [2.05, 4.69) is 25.7 Å². The first-order chi connectivity index (χ1) is 30.5.